The molecule has 0 spiro atoms. The van der Waals surface area contributed by atoms with Crippen LogP contribution in [-0.4, -0.2) is 35.0 Å². The van der Waals surface area contributed by atoms with Crippen molar-refractivity contribution in [1.82, 2.24) is 4.90 Å². The predicted octanol–water partition coefficient (Wildman–Crippen LogP) is 3.75. The van der Waals surface area contributed by atoms with Crippen LogP contribution in [-0.2, 0) is 4.79 Å². The summed E-state index contributed by atoms with van der Waals surface area (Å²) >= 11 is 13.3. The van der Waals surface area contributed by atoms with Crippen molar-refractivity contribution in [3.63, 3.8) is 0 Å². The number of likely N-dealkylation sites (N-methyl/N-ethyl adjacent to an activating group) is 1. The summed E-state index contributed by atoms with van der Waals surface area (Å²) in [6.07, 6.45) is 0. The Hall–Kier alpha value is -1.30. The normalized spacial score (nSPS) is 10.8. The molecule has 0 bridgehead atoms. The molecule has 0 radical (unpaired) electrons. The van der Waals surface area contributed by atoms with Gasteiger partial charge in [0.15, 0.2) is 0 Å². The Morgan fingerprint density at radius 3 is 2.65 bits per heavy atom. The van der Waals surface area contributed by atoms with E-state index in [-0.39, 0.29) is 12.5 Å². The van der Waals surface area contributed by atoms with Crippen LogP contribution in [0, 0.1) is 0 Å². The maximum Gasteiger partial charge on any atom is 0.323 e. The van der Waals surface area contributed by atoms with Crippen LogP contribution in [0.4, 0.5) is 0 Å². The molecular weight excluding hydrogens is 321 g/mol. The minimum absolute atomic E-state index is 0.302. The maximum atomic E-state index is 12.3. The lowest BCUT2D eigenvalue weighted by Crippen LogP contribution is -2.35. The number of rotatable bonds is 4. The molecule has 0 atom stereocenters. The summed E-state index contributed by atoms with van der Waals surface area (Å²) in [6.45, 7) is 1.68. The second-order valence-corrected chi connectivity index (χ2v) is 5.97. The van der Waals surface area contributed by atoms with Gasteiger partial charge in [-0.2, -0.15) is 0 Å². The highest BCUT2D eigenvalue weighted by Gasteiger charge is 2.23. The lowest BCUT2D eigenvalue weighted by Gasteiger charge is -2.17. The molecular formula is C13H11Cl2NO3S. The quantitative estimate of drug-likeness (QED) is 0.927. The van der Waals surface area contributed by atoms with Gasteiger partial charge in [0.2, 0.25) is 0 Å². The third kappa shape index (κ3) is 2.90. The third-order valence-corrected chi connectivity index (χ3v) is 4.66. The molecule has 0 aliphatic heterocycles. The topological polar surface area (TPSA) is 57.6 Å². The van der Waals surface area contributed by atoms with Crippen LogP contribution in [0.5, 0.6) is 0 Å². The largest absolute Gasteiger partial charge is 0.480 e. The number of amides is 1. The fourth-order valence-electron chi connectivity index (χ4n) is 1.81. The van der Waals surface area contributed by atoms with Crippen LogP contribution in [0.15, 0.2) is 18.2 Å². The lowest BCUT2D eigenvalue weighted by atomic mass is 10.2. The van der Waals surface area contributed by atoms with E-state index in [2.05, 4.69) is 0 Å². The van der Waals surface area contributed by atoms with E-state index in [9.17, 15) is 9.59 Å². The van der Waals surface area contributed by atoms with Crippen molar-refractivity contribution >= 4 is 56.5 Å². The number of carboxylic acids is 1. The molecule has 1 aromatic carbocycles. The SMILES string of the molecule is CCN(CC(=O)O)C(=O)c1sc2cc(Cl)ccc2c1Cl. The van der Waals surface area contributed by atoms with Crippen molar-refractivity contribution in [2.75, 3.05) is 13.1 Å². The van der Waals surface area contributed by atoms with Crippen LogP contribution in [0.1, 0.15) is 16.6 Å². The molecule has 0 fully saturated rings. The van der Waals surface area contributed by atoms with Gasteiger partial charge in [0.25, 0.3) is 5.91 Å². The first kappa shape index (κ1) is 15.1. The highest BCUT2D eigenvalue weighted by atomic mass is 35.5. The fraction of sp³-hybridized carbons (Fsp3) is 0.231. The molecule has 0 unspecified atom stereocenters. The molecule has 1 N–H and O–H groups in total. The molecule has 0 aliphatic rings. The van der Waals surface area contributed by atoms with Gasteiger partial charge in [-0.3, -0.25) is 9.59 Å². The molecule has 106 valence electrons. The summed E-state index contributed by atoms with van der Waals surface area (Å²) in [5, 5.41) is 10.5. The van der Waals surface area contributed by atoms with Crippen LogP contribution >= 0.6 is 34.5 Å². The zero-order chi connectivity index (χ0) is 14.9. The first-order valence-corrected chi connectivity index (χ1v) is 7.40. The van der Waals surface area contributed by atoms with Gasteiger partial charge in [-0.1, -0.05) is 29.3 Å². The molecule has 1 amide bonds. The average molecular weight is 332 g/mol. The van der Waals surface area contributed by atoms with Crippen molar-refractivity contribution in [2.45, 2.75) is 6.92 Å². The van der Waals surface area contributed by atoms with Crippen molar-refractivity contribution in [2.24, 2.45) is 0 Å². The maximum absolute atomic E-state index is 12.3. The Bertz CT molecular complexity index is 684. The van der Waals surface area contributed by atoms with Crippen LogP contribution in [0.25, 0.3) is 10.1 Å². The van der Waals surface area contributed by atoms with Crippen molar-refractivity contribution < 1.29 is 14.7 Å². The lowest BCUT2D eigenvalue weighted by molar-refractivity contribution is -0.137. The minimum Gasteiger partial charge on any atom is -0.480 e. The Labute approximate surface area is 129 Å². The molecule has 0 saturated carbocycles. The van der Waals surface area contributed by atoms with E-state index in [1.807, 2.05) is 0 Å². The van der Waals surface area contributed by atoms with Gasteiger partial charge in [0.1, 0.15) is 11.4 Å². The number of aliphatic carboxylic acids is 1. The van der Waals surface area contributed by atoms with Crippen LogP contribution < -0.4 is 0 Å². The monoisotopic (exact) mass is 331 g/mol. The molecule has 4 nitrogen and oxygen atoms in total. The van der Waals surface area contributed by atoms with E-state index in [0.717, 1.165) is 10.1 Å². The number of carbonyl (C=O) groups is 2. The number of benzene rings is 1. The van der Waals surface area contributed by atoms with E-state index in [0.29, 0.717) is 21.5 Å². The van der Waals surface area contributed by atoms with Gasteiger partial charge in [-0.15, -0.1) is 11.3 Å². The van der Waals surface area contributed by atoms with Gasteiger partial charge in [-0.25, -0.2) is 0 Å². The summed E-state index contributed by atoms with van der Waals surface area (Å²) in [7, 11) is 0. The molecule has 20 heavy (non-hydrogen) atoms. The average Bonchev–Trinajstić information content (AvgIpc) is 2.71. The summed E-state index contributed by atoms with van der Waals surface area (Å²) in [5.74, 6) is -1.43. The van der Waals surface area contributed by atoms with E-state index in [4.69, 9.17) is 28.3 Å². The number of carboxylic acid groups (broad SMARTS) is 1. The molecule has 7 heteroatoms. The first-order chi connectivity index (χ1) is 9.43. The Morgan fingerprint density at radius 1 is 1.35 bits per heavy atom. The standard InChI is InChI=1S/C13H11Cl2NO3S/c1-2-16(6-10(17)18)13(19)12-11(15)8-4-3-7(14)5-9(8)20-12/h3-5H,2,6H2,1H3,(H,17,18). The molecule has 0 aliphatic carbocycles. The van der Waals surface area contributed by atoms with E-state index in [1.54, 1.807) is 25.1 Å². The summed E-state index contributed by atoms with van der Waals surface area (Å²) in [5.41, 5.74) is 0. The van der Waals surface area contributed by atoms with Crippen LogP contribution in [0.3, 0.4) is 0 Å². The number of halogens is 2. The first-order valence-electron chi connectivity index (χ1n) is 5.82. The number of fused-ring (bicyclic) bond motifs is 1. The number of hydrogen-bond acceptors (Lipinski definition) is 3. The van der Waals surface area contributed by atoms with Gasteiger partial charge >= 0.3 is 5.97 Å². The summed E-state index contributed by atoms with van der Waals surface area (Å²) in [4.78, 5) is 24.7. The van der Waals surface area contributed by atoms with Gasteiger partial charge in [0, 0.05) is 21.7 Å². The highest BCUT2D eigenvalue weighted by molar-refractivity contribution is 7.21. The van der Waals surface area contributed by atoms with E-state index < -0.39 is 5.97 Å². The Morgan fingerprint density at radius 2 is 2.05 bits per heavy atom. The zero-order valence-corrected chi connectivity index (χ0v) is 12.8. The third-order valence-electron chi connectivity index (χ3n) is 2.78. The zero-order valence-electron chi connectivity index (χ0n) is 10.5. The van der Waals surface area contributed by atoms with Gasteiger partial charge < -0.3 is 10.0 Å². The van der Waals surface area contributed by atoms with E-state index >= 15 is 0 Å². The van der Waals surface area contributed by atoms with Crippen molar-refractivity contribution in [3.05, 3.63) is 33.1 Å². The fourth-order valence-corrected chi connectivity index (χ4v) is 3.57. The number of carbonyl (C=O) groups excluding carboxylic acids is 1. The second kappa shape index (κ2) is 5.99. The number of thiophene rings is 1. The molecule has 1 heterocycles. The van der Waals surface area contributed by atoms with Gasteiger partial charge in [0.05, 0.1) is 5.02 Å². The predicted molar refractivity (Wildman–Crippen MR) is 81.1 cm³/mol. The molecule has 2 aromatic rings. The highest BCUT2D eigenvalue weighted by Crippen LogP contribution is 2.37. The Balaban J connectivity index is 2.43. The number of hydrogen-bond donors (Lipinski definition) is 1. The molecule has 1 aromatic heterocycles. The van der Waals surface area contributed by atoms with Gasteiger partial charge in [-0.05, 0) is 19.1 Å². The molecule has 0 saturated heterocycles. The van der Waals surface area contributed by atoms with Crippen molar-refractivity contribution in [1.29, 1.82) is 0 Å². The summed E-state index contributed by atoms with van der Waals surface area (Å²) in [6, 6.07) is 5.18. The van der Waals surface area contributed by atoms with E-state index in [1.165, 1.54) is 16.2 Å². The van der Waals surface area contributed by atoms with Crippen LogP contribution in [0.2, 0.25) is 10.0 Å². The molecule has 2 rings (SSSR count). The second-order valence-electron chi connectivity index (χ2n) is 4.10. The Kier molecular flexibility index (Phi) is 4.52. The summed E-state index contributed by atoms with van der Waals surface area (Å²) < 4.78 is 0.803. The number of nitrogens with zero attached hydrogens (tertiary/aromatic N) is 1. The van der Waals surface area contributed by atoms with Crippen molar-refractivity contribution in [3.8, 4) is 0 Å². The smallest absolute Gasteiger partial charge is 0.323 e. The minimum atomic E-state index is -1.06.